The number of benzene rings is 3. The molecule has 1 aliphatic rings. The second kappa shape index (κ2) is 9.99. The van der Waals surface area contributed by atoms with Gasteiger partial charge in [0, 0.05) is 15.6 Å². The van der Waals surface area contributed by atoms with Crippen molar-refractivity contribution in [2.24, 2.45) is 0 Å². The minimum Gasteiger partial charge on any atom is -0.493 e. The Morgan fingerprint density at radius 1 is 0.941 bits per heavy atom. The standard InChI is InChI=1S/C25H18Cl2N2O5/c1-33-22-12-15(7-10-21(22)34-14-16-8-9-17(26)13-20(16)27)11-19-23(30)28-25(32)29(24(19)31)18-5-3-2-4-6-18/h2-13H,14H2,1H3,(H,28,30,32)/b19-11-. The van der Waals surface area contributed by atoms with E-state index in [1.807, 2.05) is 0 Å². The molecule has 7 nitrogen and oxygen atoms in total. The van der Waals surface area contributed by atoms with E-state index in [1.54, 1.807) is 66.7 Å². The summed E-state index contributed by atoms with van der Waals surface area (Å²) in [6.45, 7) is 0.182. The molecule has 1 saturated heterocycles. The Balaban J connectivity index is 1.59. The van der Waals surface area contributed by atoms with Gasteiger partial charge in [0.05, 0.1) is 12.8 Å². The molecule has 1 N–H and O–H groups in total. The number of ether oxygens (including phenoxy) is 2. The number of urea groups is 1. The van der Waals surface area contributed by atoms with Gasteiger partial charge in [0.25, 0.3) is 11.8 Å². The third-order valence-corrected chi connectivity index (χ3v) is 5.60. The molecule has 0 aromatic heterocycles. The fourth-order valence-electron chi connectivity index (χ4n) is 3.32. The zero-order valence-electron chi connectivity index (χ0n) is 17.9. The van der Waals surface area contributed by atoms with Crippen molar-refractivity contribution in [1.82, 2.24) is 5.32 Å². The lowest BCUT2D eigenvalue weighted by atomic mass is 10.1. The highest BCUT2D eigenvalue weighted by Gasteiger charge is 2.36. The Morgan fingerprint density at radius 3 is 2.41 bits per heavy atom. The number of para-hydroxylation sites is 1. The van der Waals surface area contributed by atoms with Crippen LogP contribution in [-0.4, -0.2) is 25.0 Å². The van der Waals surface area contributed by atoms with Crippen molar-refractivity contribution in [2.45, 2.75) is 6.61 Å². The van der Waals surface area contributed by atoms with Crippen molar-refractivity contribution in [1.29, 1.82) is 0 Å². The molecule has 0 atom stereocenters. The summed E-state index contributed by atoms with van der Waals surface area (Å²) >= 11 is 12.1. The van der Waals surface area contributed by atoms with Gasteiger partial charge in [-0.3, -0.25) is 14.9 Å². The molecule has 9 heteroatoms. The Bertz CT molecular complexity index is 1310. The van der Waals surface area contributed by atoms with Crippen molar-refractivity contribution in [3.05, 3.63) is 93.5 Å². The number of anilines is 1. The molecule has 172 valence electrons. The summed E-state index contributed by atoms with van der Waals surface area (Å²) in [5, 5.41) is 3.20. The summed E-state index contributed by atoms with van der Waals surface area (Å²) in [5.74, 6) is -0.675. The Labute approximate surface area is 205 Å². The van der Waals surface area contributed by atoms with Crippen LogP contribution >= 0.6 is 23.2 Å². The third-order valence-electron chi connectivity index (χ3n) is 5.01. The first-order chi connectivity index (χ1) is 16.4. The molecule has 1 aliphatic heterocycles. The highest BCUT2D eigenvalue weighted by molar-refractivity contribution is 6.39. The highest BCUT2D eigenvalue weighted by Crippen LogP contribution is 2.31. The third kappa shape index (κ3) is 4.90. The smallest absolute Gasteiger partial charge is 0.335 e. The SMILES string of the molecule is COc1cc(/C=C2/C(=O)NC(=O)N(c3ccccc3)C2=O)ccc1OCc1ccc(Cl)cc1Cl. The topological polar surface area (TPSA) is 84.9 Å². The first-order valence-electron chi connectivity index (χ1n) is 10.1. The Hall–Kier alpha value is -3.81. The van der Waals surface area contributed by atoms with Crippen LogP contribution in [0.3, 0.4) is 0 Å². The molecule has 0 saturated carbocycles. The van der Waals surface area contributed by atoms with E-state index in [1.165, 1.54) is 13.2 Å². The predicted octanol–water partition coefficient (Wildman–Crippen LogP) is 5.25. The van der Waals surface area contributed by atoms with E-state index < -0.39 is 17.8 Å². The van der Waals surface area contributed by atoms with Gasteiger partial charge in [-0.15, -0.1) is 0 Å². The van der Waals surface area contributed by atoms with E-state index in [4.69, 9.17) is 32.7 Å². The molecule has 4 rings (SSSR count). The van der Waals surface area contributed by atoms with Crippen LogP contribution in [0.2, 0.25) is 10.0 Å². The van der Waals surface area contributed by atoms with Crippen LogP contribution in [0, 0.1) is 0 Å². The molecule has 0 unspecified atom stereocenters. The molecule has 1 fully saturated rings. The number of halogens is 2. The number of imide groups is 2. The van der Waals surface area contributed by atoms with Gasteiger partial charge in [-0.1, -0.05) is 53.5 Å². The van der Waals surface area contributed by atoms with Crippen LogP contribution in [0.1, 0.15) is 11.1 Å². The number of nitrogens with zero attached hydrogens (tertiary/aromatic N) is 1. The summed E-state index contributed by atoms with van der Waals surface area (Å²) in [5.41, 5.74) is 1.42. The normalized spacial score (nSPS) is 14.9. The zero-order valence-corrected chi connectivity index (χ0v) is 19.4. The highest BCUT2D eigenvalue weighted by atomic mass is 35.5. The van der Waals surface area contributed by atoms with Gasteiger partial charge in [-0.25, -0.2) is 9.69 Å². The van der Waals surface area contributed by atoms with E-state index >= 15 is 0 Å². The Morgan fingerprint density at radius 2 is 1.71 bits per heavy atom. The monoisotopic (exact) mass is 496 g/mol. The average Bonchev–Trinajstić information content (AvgIpc) is 2.82. The average molecular weight is 497 g/mol. The lowest BCUT2D eigenvalue weighted by Gasteiger charge is -2.26. The number of carbonyl (C=O) groups is 3. The number of hydrogen-bond acceptors (Lipinski definition) is 5. The summed E-state index contributed by atoms with van der Waals surface area (Å²) in [6.07, 6.45) is 1.39. The number of barbiturate groups is 1. The first-order valence-corrected chi connectivity index (χ1v) is 10.8. The molecule has 0 bridgehead atoms. The summed E-state index contributed by atoms with van der Waals surface area (Å²) in [4.78, 5) is 38.6. The number of hydrogen-bond donors (Lipinski definition) is 1. The number of nitrogens with one attached hydrogen (secondary N) is 1. The predicted molar refractivity (Wildman–Crippen MR) is 129 cm³/mol. The van der Waals surface area contributed by atoms with Gasteiger partial charge in [-0.2, -0.15) is 0 Å². The fraction of sp³-hybridized carbons (Fsp3) is 0.0800. The number of methoxy groups -OCH3 is 1. The van der Waals surface area contributed by atoms with Crippen molar-refractivity contribution >= 4 is 52.8 Å². The number of rotatable bonds is 6. The van der Waals surface area contributed by atoms with E-state index in [0.29, 0.717) is 32.8 Å². The molecular formula is C25H18Cl2N2O5. The second-order valence-electron chi connectivity index (χ2n) is 7.23. The molecular weight excluding hydrogens is 479 g/mol. The van der Waals surface area contributed by atoms with Crippen LogP contribution in [-0.2, 0) is 16.2 Å². The molecule has 0 radical (unpaired) electrons. The van der Waals surface area contributed by atoms with Gasteiger partial charge in [0.15, 0.2) is 11.5 Å². The van der Waals surface area contributed by atoms with Crippen molar-refractivity contribution in [3.8, 4) is 11.5 Å². The Kier molecular flexibility index (Phi) is 6.86. The molecule has 3 aromatic carbocycles. The van der Waals surface area contributed by atoms with Crippen LogP contribution in [0.5, 0.6) is 11.5 Å². The lowest BCUT2D eigenvalue weighted by Crippen LogP contribution is -2.54. The fourth-order valence-corrected chi connectivity index (χ4v) is 3.79. The van der Waals surface area contributed by atoms with E-state index in [9.17, 15) is 14.4 Å². The zero-order chi connectivity index (χ0) is 24.2. The largest absolute Gasteiger partial charge is 0.493 e. The van der Waals surface area contributed by atoms with E-state index in [0.717, 1.165) is 10.5 Å². The van der Waals surface area contributed by atoms with Crippen molar-refractivity contribution in [3.63, 3.8) is 0 Å². The summed E-state index contributed by atoms with van der Waals surface area (Å²) < 4.78 is 11.3. The minimum atomic E-state index is -0.805. The lowest BCUT2D eigenvalue weighted by molar-refractivity contribution is -0.122. The van der Waals surface area contributed by atoms with Crippen molar-refractivity contribution in [2.75, 3.05) is 12.0 Å². The van der Waals surface area contributed by atoms with Crippen LogP contribution in [0.25, 0.3) is 6.08 Å². The van der Waals surface area contributed by atoms with E-state index in [2.05, 4.69) is 5.32 Å². The van der Waals surface area contributed by atoms with Crippen LogP contribution in [0.4, 0.5) is 10.5 Å². The number of carbonyl (C=O) groups excluding carboxylic acids is 3. The molecule has 3 aromatic rings. The van der Waals surface area contributed by atoms with Gasteiger partial charge in [-0.05, 0) is 48.0 Å². The van der Waals surface area contributed by atoms with Crippen LogP contribution < -0.4 is 19.7 Å². The van der Waals surface area contributed by atoms with Gasteiger partial charge in [0.2, 0.25) is 0 Å². The molecule has 0 aliphatic carbocycles. The first kappa shape index (κ1) is 23.4. The summed E-state index contributed by atoms with van der Waals surface area (Å²) in [7, 11) is 1.47. The van der Waals surface area contributed by atoms with Crippen molar-refractivity contribution < 1.29 is 23.9 Å². The second-order valence-corrected chi connectivity index (χ2v) is 8.07. The van der Waals surface area contributed by atoms with Gasteiger partial charge >= 0.3 is 6.03 Å². The maximum atomic E-state index is 13.0. The van der Waals surface area contributed by atoms with E-state index in [-0.39, 0.29) is 12.2 Å². The van der Waals surface area contributed by atoms with Gasteiger partial charge < -0.3 is 9.47 Å². The molecule has 0 spiro atoms. The number of amides is 4. The molecule has 34 heavy (non-hydrogen) atoms. The maximum Gasteiger partial charge on any atom is 0.335 e. The molecule has 4 amide bonds. The summed E-state index contributed by atoms with van der Waals surface area (Å²) in [6, 6.07) is 17.6. The van der Waals surface area contributed by atoms with Gasteiger partial charge in [0.1, 0.15) is 12.2 Å². The van der Waals surface area contributed by atoms with Crippen LogP contribution in [0.15, 0.2) is 72.3 Å². The minimum absolute atomic E-state index is 0.182. The maximum absolute atomic E-state index is 13.0. The quantitative estimate of drug-likeness (QED) is 0.372. The molecule has 1 heterocycles.